The van der Waals surface area contributed by atoms with Crippen LogP contribution in [0.15, 0.2) is 29.2 Å². The Labute approximate surface area is 148 Å². The summed E-state index contributed by atoms with van der Waals surface area (Å²) >= 11 is 2.66. The first-order valence-electron chi connectivity index (χ1n) is 7.37. The molecule has 0 bridgehead atoms. The van der Waals surface area contributed by atoms with E-state index >= 15 is 0 Å². The second kappa shape index (κ2) is 8.30. The summed E-state index contributed by atoms with van der Waals surface area (Å²) in [7, 11) is 0. The van der Waals surface area contributed by atoms with Gasteiger partial charge >= 0.3 is 5.97 Å². The van der Waals surface area contributed by atoms with Crippen molar-refractivity contribution in [1.29, 1.82) is 0 Å². The van der Waals surface area contributed by atoms with Gasteiger partial charge in [0.05, 0.1) is 17.9 Å². The third-order valence-corrected chi connectivity index (χ3v) is 5.44. The molecular formula is C17H18FNO3S2. The van der Waals surface area contributed by atoms with Crippen LogP contribution in [-0.4, -0.2) is 24.2 Å². The van der Waals surface area contributed by atoms with Gasteiger partial charge in [-0.15, -0.1) is 23.1 Å². The second-order valence-electron chi connectivity index (χ2n) is 5.00. The molecule has 2 rings (SSSR count). The first-order valence-corrected chi connectivity index (χ1v) is 9.18. The molecule has 0 aliphatic heterocycles. The van der Waals surface area contributed by atoms with E-state index in [9.17, 15) is 14.0 Å². The normalized spacial score (nSPS) is 10.5. The number of carbonyl (C=O) groups excluding carboxylic acids is 2. The summed E-state index contributed by atoms with van der Waals surface area (Å²) in [4.78, 5) is 26.0. The van der Waals surface area contributed by atoms with Gasteiger partial charge in [0.1, 0.15) is 10.8 Å². The van der Waals surface area contributed by atoms with Gasteiger partial charge in [-0.05, 0) is 50.6 Å². The molecule has 0 atom stereocenters. The molecule has 0 saturated heterocycles. The smallest absolute Gasteiger partial charge is 0.341 e. The number of amides is 1. The number of thiophene rings is 1. The van der Waals surface area contributed by atoms with E-state index in [0.717, 1.165) is 15.3 Å². The largest absolute Gasteiger partial charge is 0.462 e. The summed E-state index contributed by atoms with van der Waals surface area (Å²) in [5.74, 6) is -0.798. The molecule has 1 N–H and O–H groups in total. The maximum absolute atomic E-state index is 12.9. The minimum atomic E-state index is -0.430. The van der Waals surface area contributed by atoms with Gasteiger partial charge in [0.15, 0.2) is 0 Å². The fourth-order valence-corrected chi connectivity index (χ4v) is 3.77. The van der Waals surface area contributed by atoms with E-state index in [1.807, 2.05) is 13.8 Å². The van der Waals surface area contributed by atoms with Crippen LogP contribution in [0.4, 0.5) is 9.39 Å². The number of hydrogen-bond donors (Lipinski definition) is 1. The molecule has 4 nitrogen and oxygen atoms in total. The van der Waals surface area contributed by atoms with E-state index in [1.54, 1.807) is 19.1 Å². The van der Waals surface area contributed by atoms with Gasteiger partial charge in [-0.3, -0.25) is 4.79 Å². The maximum atomic E-state index is 12.9. The number of esters is 1. The van der Waals surface area contributed by atoms with E-state index in [1.165, 1.54) is 35.2 Å². The number of ether oxygens (including phenoxy) is 1. The Morgan fingerprint density at radius 3 is 2.54 bits per heavy atom. The maximum Gasteiger partial charge on any atom is 0.341 e. The van der Waals surface area contributed by atoms with Crippen molar-refractivity contribution in [1.82, 2.24) is 0 Å². The number of thioether (sulfide) groups is 1. The Morgan fingerprint density at radius 2 is 1.92 bits per heavy atom. The fraction of sp³-hybridized carbons (Fsp3) is 0.294. The molecule has 24 heavy (non-hydrogen) atoms. The molecule has 0 saturated carbocycles. The number of anilines is 1. The molecule has 1 aromatic heterocycles. The lowest BCUT2D eigenvalue weighted by atomic mass is 10.1. The molecule has 0 fully saturated rings. The number of nitrogens with one attached hydrogen (secondary N) is 1. The Bertz CT molecular complexity index is 741. The monoisotopic (exact) mass is 367 g/mol. The second-order valence-corrected chi connectivity index (χ2v) is 7.27. The number of carbonyl (C=O) groups is 2. The van der Waals surface area contributed by atoms with Gasteiger partial charge in [0.25, 0.3) is 0 Å². The topological polar surface area (TPSA) is 55.4 Å². The molecule has 0 unspecified atom stereocenters. The lowest BCUT2D eigenvalue weighted by Crippen LogP contribution is -2.16. The van der Waals surface area contributed by atoms with Crippen LogP contribution in [0.1, 0.15) is 27.7 Å². The molecule has 7 heteroatoms. The average Bonchev–Trinajstić information content (AvgIpc) is 2.81. The third-order valence-electron chi connectivity index (χ3n) is 3.30. The predicted molar refractivity (Wildman–Crippen MR) is 95.5 cm³/mol. The SMILES string of the molecule is CCOC(=O)c1c(NC(=O)CSc2ccc(F)cc2)sc(C)c1C. The third kappa shape index (κ3) is 4.58. The molecule has 2 aromatic rings. The molecule has 0 aliphatic rings. The summed E-state index contributed by atoms with van der Waals surface area (Å²) in [6.07, 6.45) is 0. The van der Waals surface area contributed by atoms with Crippen LogP contribution >= 0.6 is 23.1 Å². The van der Waals surface area contributed by atoms with Crippen LogP contribution in [0.5, 0.6) is 0 Å². The van der Waals surface area contributed by atoms with Gasteiger partial charge in [-0.1, -0.05) is 0 Å². The predicted octanol–water partition coefficient (Wildman–Crippen LogP) is 4.41. The van der Waals surface area contributed by atoms with Crippen molar-refractivity contribution in [2.45, 2.75) is 25.7 Å². The van der Waals surface area contributed by atoms with E-state index in [0.29, 0.717) is 10.6 Å². The van der Waals surface area contributed by atoms with Crippen molar-refractivity contribution < 1.29 is 18.7 Å². The molecular weight excluding hydrogens is 349 g/mol. The zero-order chi connectivity index (χ0) is 17.7. The van der Waals surface area contributed by atoms with Crippen LogP contribution in [0, 0.1) is 19.7 Å². The van der Waals surface area contributed by atoms with Crippen LogP contribution in [0.25, 0.3) is 0 Å². The quantitative estimate of drug-likeness (QED) is 0.607. The first-order chi connectivity index (χ1) is 11.4. The Balaban J connectivity index is 2.04. The van der Waals surface area contributed by atoms with Gasteiger partial charge < -0.3 is 10.1 Å². The van der Waals surface area contributed by atoms with Crippen LogP contribution < -0.4 is 5.32 Å². The number of halogens is 1. The van der Waals surface area contributed by atoms with Crippen LogP contribution in [0.2, 0.25) is 0 Å². The van der Waals surface area contributed by atoms with Gasteiger partial charge in [0, 0.05) is 9.77 Å². The molecule has 0 aliphatic carbocycles. The summed E-state index contributed by atoms with van der Waals surface area (Å²) in [6.45, 7) is 5.75. The highest BCUT2D eigenvalue weighted by atomic mass is 32.2. The number of rotatable bonds is 6. The molecule has 1 aromatic carbocycles. The van der Waals surface area contributed by atoms with Crippen molar-refractivity contribution in [3.05, 3.63) is 46.1 Å². The molecule has 1 heterocycles. The van der Waals surface area contributed by atoms with Crippen LogP contribution in [-0.2, 0) is 9.53 Å². The van der Waals surface area contributed by atoms with Crippen molar-refractivity contribution in [3.8, 4) is 0 Å². The van der Waals surface area contributed by atoms with E-state index < -0.39 is 5.97 Å². The molecule has 0 radical (unpaired) electrons. The van der Waals surface area contributed by atoms with Gasteiger partial charge in [-0.25, -0.2) is 9.18 Å². The summed E-state index contributed by atoms with van der Waals surface area (Å²) < 4.78 is 17.9. The molecule has 0 spiro atoms. The average molecular weight is 367 g/mol. The Morgan fingerprint density at radius 1 is 1.25 bits per heavy atom. The number of benzene rings is 1. The van der Waals surface area contributed by atoms with E-state index in [4.69, 9.17) is 4.74 Å². The zero-order valence-corrected chi connectivity index (χ0v) is 15.3. The lowest BCUT2D eigenvalue weighted by molar-refractivity contribution is -0.113. The highest BCUT2D eigenvalue weighted by Crippen LogP contribution is 2.33. The number of hydrogen-bond acceptors (Lipinski definition) is 5. The summed E-state index contributed by atoms with van der Waals surface area (Å²) in [6, 6.07) is 5.95. The highest BCUT2D eigenvalue weighted by Gasteiger charge is 2.22. The number of aryl methyl sites for hydroxylation is 1. The summed E-state index contributed by atoms with van der Waals surface area (Å²) in [5.41, 5.74) is 1.24. The minimum absolute atomic E-state index is 0.171. The Hall–Kier alpha value is -1.86. The minimum Gasteiger partial charge on any atom is -0.462 e. The van der Waals surface area contributed by atoms with Crippen LogP contribution in [0.3, 0.4) is 0 Å². The van der Waals surface area contributed by atoms with Crippen molar-refractivity contribution >= 4 is 40.0 Å². The van der Waals surface area contributed by atoms with E-state index in [2.05, 4.69) is 5.32 Å². The van der Waals surface area contributed by atoms with E-state index in [-0.39, 0.29) is 24.1 Å². The molecule has 1 amide bonds. The highest BCUT2D eigenvalue weighted by molar-refractivity contribution is 8.00. The van der Waals surface area contributed by atoms with Crippen molar-refractivity contribution in [2.24, 2.45) is 0 Å². The van der Waals surface area contributed by atoms with Crippen molar-refractivity contribution in [3.63, 3.8) is 0 Å². The first kappa shape index (κ1) is 18.5. The van der Waals surface area contributed by atoms with Crippen molar-refractivity contribution in [2.75, 3.05) is 17.7 Å². The Kier molecular flexibility index (Phi) is 6.39. The summed E-state index contributed by atoms with van der Waals surface area (Å²) in [5, 5.41) is 3.28. The fourth-order valence-electron chi connectivity index (χ4n) is 2.01. The molecule has 128 valence electrons. The zero-order valence-electron chi connectivity index (χ0n) is 13.6. The van der Waals surface area contributed by atoms with Gasteiger partial charge in [-0.2, -0.15) is 0 Å². The lowest BCUT2D eigenvalue weighted by Gasteiger charge is -2.07. The van der Waals surface area contributed by atoms with Gasteiger partial charge in [0.2, 0.25) is 5.91 Å². The standard InChI is InChI=1S/C17H18FNO3S2/c1-4-22-17(21)15-10(2)11(3)24-16(15)19-14(20)9-23-13-7-5-12(18)6-8-13/h5-8H,4,9H2,1-3H3,(H,19,20).